The van der Waals surface area contributed by atoms with Gasteiger partial charge in [-0.3, -0.25) is 9.59 Å². The minimum Gasteiger partial charge on any atom is -0.333 e. The monoisotopic (exact) mass is 325 g/mol. The number of hydrogen-bond donors (Lipinski definition) is 2. The fraction of sp³-hybridized carbons (Fsp3) is 0.500. The van der Waals surface area contributed by atoms with Crippen molar-refractivity contribution in [2.45, 2.75) is 26.8 Å². The first-order valence-electron chi connectivity index (χ1n) is 7.41. The van der Waals surface area contributed by atoms with Crippen LogP contribution in [0.4, 0.5) is 5.69 Å². The van der Waals surface area contributed by atoms with E-state index >= 15 is 0 Å². The van der Waals surface area contributed by atoms with Gasteiger partial charge in [0.15, 0.2) is 0 Å². The molecule has 6 heteroatoms. The number of piperazine rings is 1. The molecule has 2 N–H and O–H groups in total. The van der Waals surface area contributed by atoms with E-state index in [0.29, 0.717) is 5.56 Å². The number of rotatable bonds is 3. The average Bonchev–Trinajstić information content (AvgIpc) is 2.47. The first-order valence-corrected chi connectivity index (χ1v) is 7.41. The Hall–Kier alpha value is -1.59. The lowest BCUT2D eigenvalue weighted by Crippen LogP contribution is -2.52. The highest BCUT2D eigenvalue weighted by Crippen LogP contribution is 2.14. The summed E-state index contributed by atoms with van der Waals surface area (Å²) < 4.78 is 0. The van der Waals surface area contributed by atoms with Gasteiger partial charge in [0, 0.05) is 42.8 Å². The van der Waals surface area contributed by atoms with E-state index in [1.165, 1.54) is 0 Å². The fourth-order valence-electron chi connectivity index (χ4n) is 2.29. The Bertz CT molecular complexity index is 517. The summed E-state index contributed by atoms with van der Waals surface area (Å²) >= 11 is 0. The van der Waals surface area contributed by atoms with Gasteiger partial charge in [-0.1, -0.05) is 13.8 Å². The Morgan fingerprint density at radius 1 is 1.27 bits per heavy atom. The zero-order chi connectivity index (χ0) is 15.4. The largest absolute Gasteiger partial charge is 0.333 e. The van der Waals surface area contributed by atoms with Crippen LogP contribution >= 0.6 is 12.4 Å². The summed E-state index contributed by atoms with van der Waals surface area (Å²) in [6.07, 6.45) is 0. The molecule has 1 aromatic carbocycles. The number of halogens is 1. The van der Waals surface area contributed by atoms with Gasteiger partial charge in [0.05, 0.1) is 0 Å². The van der Waals surface area contributed by atoms with Gasteiger partial charge in [-0.25, -0.2) is 0 Å². The van der Waals surface area contributed by atoms with E-state index in [1.54, 1.807) is 24.3 Å². The van der Waals surface area contributed by atoms with E-state index < -0.39 is 0 Å². The molecule has 1 unspecified atom stereocenters. The highest BCUT2D eigenvalue weighted by Gasteiger charge is 2.23. The van der Waals surface area contributed by atoms with Crippen LogP contribution in [-0.4, -0.2) is 42.4 Å². The van der Waals surface area contributed by atoms with Crippen LogP contribution in [0.15, 0.2) is 24.3 Å². The van der Waals surface area contributed by atoms with E-state index in [0.717, 1.165) is 25.3 Å². The van der Waals surface area contributed by atoms with Gasteiger partial charge < -0.3 is 15.5 Å². The maximum atomic E-state index is 12.5. The molecule has 0 bridgehead atoms. The lowest BCUT2D eigenvalue weighted by molar-refractivity contribution is -0.118. The number of benzene rings is 1. The predicted octanol–water partition coefficient (Wildman–Crippen LogP) is 2.14. The van der Waals surface area contributed by atoms with Crippen LogP contribution in [-0.2, 0) is 4.79 Å². The van der Waals surface area contributed by atoms with Crippen LogP contribution in [0.2, 0.25) is 0 Å². The summed E-state index contributed by atoms with van der Waals surface area (Å²) in [6, 6.07) is 7.30. The Balaban J connectivity index is 0.00000242. The van der Waals surface area contributed by atoms with Crippen LogP contribution in [0.5, 0.6) is 0 Å². The molecule has 0 saturated carbocycles. The molecule has 5 nitrogen and oxygen atoms in total. The number of anilines is 1. The molecule has 0 aliphatic carbocycles. The molecule has 1 fully saturated rings. The van der Waals surface area contributed by atoms with Crippen molar-refractivity contribution in [2.75, 3.05) is 25.0 Å². The van der Waals surface area contributed by atoms with Crippen molar-refractivity contribution in [1.82, 2.24) is 10.2 Å². The van der Waals surface area contributed by atoms with Crippen molar-refractivity contribution in [3.8, 4) is 0 Å². The van der Waals surface area contributed by atoms with E-state index in [9.17, 15) is 9.59 Å². The van der Waals surface area contributed by atoms with Crippen LogP contribution in [0.1, 0.15) is 31.1 Å². The van der Waals surface area contributed by atoms with Crippen LogP contribution in [0.25, 0.3) is 0 Å². The number of carbonyl (C=O) groups is 2. The molecular formula is C16H24ClN3O2. The molecule has 2 rings (SSSR count). The average molecular weight is 326 g/mol. The molecule has 0 aromatic heterocycles. The van der Waals surface area contributed by atoms with Gasteiger partial charge in [-0.2, -0.15) is 0 Å². The van der Waals surface area contributed by atoms with Gasteiger partial charge in [-0.05, 0) is 31.2 Å². The number of amides is 2. The summed E-state index contributed by atoms with van der Waals surface area (Å²) in [5.41, 5.74) is 1.38. The third-order valence-electron chi connectivity index (χ3n) is 3.69. The molecule has 1 aliphatic heterocycles. The highest BCUT2D eigenvalue weighted by molar-refractivity contribution is 5.96. The highest BCUT2D eigenvalue weighted by atomic mass is 35.5. The minimum absolute atomic E-state index is 0. The Morgan fingerprint density at radius 2 is 1.91 bits per heavy atom. The fourth-order valence-corrected chi connectivity index (χ4v) is 2.29. The van der Waals surface area contributed by atoms with Crippen LogP contribution in [0.3, 0.4) is 0 Å². The van der Waals surface area contributed by atoms with E-state index in [1.807, 2.05) is 25.7 Å². The third-order valence-corrected chi connectivity index (χ3v) is 3.69. The van der Waals surface area contributed by atoms with Gasteiger partial charge in [-0.15, -0.1) is 12.4 Å². The smallest absolute Gasteiger partial charge is 0.254 e. The molecule has 1 heterocycles. The first-order chi connectivity index (χ1) is 9.99. The molecule has 1 saturated heterocycles. The first kappa shape index (κ1) is 18.5. The summed E-state index contributed by atoms with van der Waals surface area (Å²) in [7, 11) is 0. The third kappa shape index (κ3) is 4.45. The van der Waals surface area contributed by atoms with Crippen molar-refractivity contribution in [3.05, 3.63) is 29.8 Å². The van der Waals surface area contributed by atoms with Crippen molar-refractivity contribution < 1.29 is 9.59 Å². The molecule has 0 radical (unpaired) electrons. The maximum absolute atomic E-state index is 12.5. The van der Waals surface area contributed by atoms with E-state index in [-0.39, 0.29) is 36.2 Å². The normalized spacial score (nSPS) is 17.8. The van der Waals surface area contributed by atoms with Gasteiger partial charge in [0.2, 0.25) is 5.91 Å². The summed E-state index contributed by atoms with van der Waals surface area (Å²) in [4.78, 5) is 26.0. The lowest BCUT2D eigenvalue weighted by atomic mass is 10.1. The van der Waals surface area contributed by atoms with Gasteiger partial charge in [0.25, 0.3) is 5.91 Å². The van der Waals surface area contributed by atoms with Crippen molar-refractivity contribution in [2.24, 2.45) is 5.92 Å². The minimum atomic E-state index is -0.0620. The SMILES string of the molecule is CC(C)C(=O)Nc1ccc(C(=O)N2CCNCC2C)cc1.Cl. The molecule has 1 aliphatic rings. The standard InChI is InChI=1S/C16H23N3O2.ClH/c1-11(2)15(20)18-14-6-4-13(5-7-14)16(21)19-9-8-17-10-12(19)3;/h4-7,11-12,17H,8-10H2,1-3H3,(H,18,20);1H. The second kappa shape index (κ2) is 8.15. The molecule has 2 amide bonds. The quantitative estimate of drug-likeness (QED) is 0.895. The molecule has 1 aromatic rings. The summed E-state index contributed by atoms with van der Waals surface area (Å²) in [6.45, 7) is 8.12. The Morgan fingerprint density at radius 3 is 2.45 bits per heavy atom. The second-order valence-electron chi connectivity index (χ2n) is 5.77. The maximum Gasteiger partial charge on any atom is 0.254 e. The van der Waals surface area contributed by atoms with Gasteiger partial charge >= 0.3 is 0 Å². The zero-order valence-corrected chi connectivity index (χ0v) is 14.1. The van der Waals surface area contributed by atoms with Crippen molar-refractivity contribution in [1.29, 1.82) is 0 Å². The predicted molar refractivity (Wildman–Crippen MR) is 90.5 cm³/mol. The van der Waals surface area contributed by atoms with E-state index in [4.69, 9.17) is 0 Å². The number of nitrogens with zero attached hydrogens (tertiary/aromatic N) is 1. The second-order valence-corrected chi connectivity index (χ2v) is 5.77. The number of nitrogens with one attached hydrogen (secondary N) is 2. The molecule has 22 heavy (non-hydrogen) atoms. The summed E-state index contributed by atoms with van der Waals surface area (Å²) in [5.74, 6) is -0.0384. The molecular weight excluding hydrogens is 302 g/mol. The number of hydrogen-bond acceptors (Lipinski definition) is 3. The molecule has 122 valence electrons. The Kier molecular flexibility index (Phi) is 6.84. The van der Waals surface area contributed by atoms with Crippen molar-refractivity contribution >= 4 is 29.9 Å². The molecule has 1 atom stereocenters. The van der Waals surface area contributed by atoms with E-state index in [2.05, 4.69) is 10.6 Å². The van der Waals surface area contributed by atoms with Crippen molar-refractivity contribution in [3.63, 3.8) is 0 Å². The summed E-state index contributed by atoms with van der Waals surface area (Å²) in [5, 5.41) is 6.09. The number of carbonyl (C=O) groups excluding carboxylic acids is 2. The topological polar surface area (TPSA) is 61.4 Å². The van der Waals surface area contributed by atoms with Crippen LogP contribution in [0, 0.1) is 5.92 Å². The molecule has 0 spiro atoms. The lowest BCUT2D eigenvalue weighted by Gasteiger charge is -2.34. The zero-order valence-electron chi connectivity index (χ0n) is 13.3. The van der Waals surface area contributed by atoms with Crippen LogP contribution < -0.4 is 10.6 Å². The Labute approximate surface area is 137 Å². The van der Waals surface area contributed by atoms with Gasteiger partial charge in [0.1, 0.15) is 0 Å².